The number of aldehydes is 1. The van der Waals surface area contributed by atoms with Crippen LogP contribution in [-0.2, 0) is 22.4 Å². The number of para-hydroxylation sites is 1. The summed E-state index contributed by atoms with van der Waals surface area (Å²) in [6.45, 7) is 1.92. The highest BCUT2D eigenvalue weighted by molar-refractivity contribution is 7.17. The summed E-state index contributed by atoms with van der Waals surface area (Å²) in [5.74, 6) is 0.0561. The number of amides is 1. The highest BCUT2D eigenvalue weighted by atomic mass is 32.1. The molecule has 3 rings (SSSR count). The number of rotatable bonds is 6. The van der Waals surface area contributed by atoms with Gasteiger partial charge in [0.1, 0.15) is 10.8 Å². The number of carbonyl (C=O) groups is 3. The maximum Gasteiger partial charge on any atom is 0.341 e. The van der Waals surface area contributed by atoms with Gasteiger partial charge >= 0.3 is 5.97 Å². The van der Waals surface area contributed by atoms with Gasteiger partial charge in [-0.3, -0.25) is 9.59 Å². The number of fused-ring (bicyclic) bond motifs is 1. The Morgan fingerprint density at radius 2 is 2.11 bits per heavy atom. The van der Waals surface area contributed by atoms with Crippen LogP contribution in [0.2, 0.25) is 0 Å². The van der Waals surface area contributed by atoms with E-state index in [0.29, 0.717) is 34.1 Å². The molecule has 1 atom stereocenters. The first-order chi connectivity index (χ1) is 13.0. The molecular weight excluding hydrogens is 366 g/mol. The predicted molar refractivity (Wildman–Crippen MR) is 103 cm³/mol. The van der Waals surface area contributed by atoms with E-state index in [9.17, 15) is 14.4 Å². The summed E-state index contributed by atoms with van der Waals surface area (Å²) in [6, 6.07) is 6.69. The number of nitrogens with one attached hydrogen (secondary N) is 1. The molecule has 1 aromatic carbocycles. The van der Waals surface area contributed by atoms with Crippen molar-refractivity contribution < 1.29 is 23.9 Å². The van der Waals surface area contributed by atoms with Gasteiger partial charge in [0.05, 0.1) is 18.2 Å². The summed E-state index contributed by atoms with van der Waals surface area (Å²) >= 11 is 1.42. The molecule has 0 bridgehead atoms. The van der Waals surface area contributed by atoms with Crippen molar-refractivity contribution in [3.63, 3.8) is 0 Å². The number of esters is 1. The van der Waals surface area contributed by atoms with Crippen LogP contribution in [0.5, 0.6) is 5.75 Å². The van der Waals surface area contributed by atoms with Gasteiger partial charge in [-0.25, -0.2) is 4.79 Å². The van der Waals surface area contributed by atoms with Crippen molar-refractivity contribution in [2.45, 2.75) is 26.2 Å². The van der Waals surface area contributed by atoms with Gasteiger partial charge in [0.2, 0.25) is 0 Å². The summed E-state index contributed by atoms with van der Waals surface area (Å²) in [7, 11) is 1.34. The highest BCUT2D eigenvalue weighted by Gasteiger charge is 2.28. The number of ether oxygens (including phenoxy) is 2. The van der Waals surface area contributed by atoms with E-state index in [1.807, 2.05) is 0 Å². The monoisotopic (exact) mass is 387 g/mol. The van der Waals surface area contributed by atoms with Crippen LogP contribution in [0.15, 0.2) is 24.3 Å². The van der Waals surface area contributed by atoms with Crippen LogP contribution in [0.4, 0.5) is 5.00 Å². The van der Waals surface area contributed by atoms with E-state index in [-0.39, 0.29) is 6.61 Å². The average Bonchev–Trinajstić information content (AvgIpc) is 3.02. The van der Waals surface area contributed by atoms with E-state index in [1.165, 1.54) is 18.4 Å². The first-order valence-corrected chi connectivity index (χ1v) is 9.54. The summed E-state index contributed by atoms with van der Waals surface area (Å²) in [6.07, 6.45) is 3.38. The van der Waals surface area contributed by atoms with Crippen molar-refractivity contribution in [1.29, 1.82) is 0 Å². The molecule has 0 fully saturated rings. The van der Waals surface area contributed by atoms with Crippen LogP contribution in [0, 0.1) is 5.92 Å². The van der Waals surface area contributed by atoms with Crippen molar-refractivity contribution in [2.75, 3.05) is 19.0 Å². The van der Waals surface area contributed by atoms with Crippen molar-refractivity contribution in [2.24, 2.45) is 5.92 Å². The first kappa shape index (κ1) is 19.1. The largest absolute Gasteiger partial charge is 0.483 e. The average molecular weight is 387 g/mol. The third-order valence-corrected chi connectivity index (χ3v) is 5.73. The topological polar surface area (TPSA) is 81.7 Å². The van der Waals surface area contributed by atoms with Gasteiger partial charge in [-0.05, 0) is 42.9 Å². The Kier molecular flexibility index (Phi) is 5.91. The molecule has 1 aliphatic rings. The van der Waals surface area contributed by atoms with Crippen LogP contribution in [0.1, 0.15) is 44.5 Å². The number of methoxy groups -OCH3 is 1. The smallest absolute Gasteiger partial charge is 0.341 e. The first-order valence-electron chi connectivity index (χ1n) is 8.73. The molecule has 0 aliphatic heterocycles. The molecule has 6 nitrogen and oxygen atoms in total. The molecule has 1 aromatic heterocycles. The molecule has 1 amide bonds. The number of hydrogen-bond acceptors (Lipinski definition) is 6. The molecule has 142 valence electrons. The van der Waals surface area contributed by atoms with Gasteiger partial charge in [-0.2, -0.15) is 0 Å². The number of benzene rings is 1. The lowest BCUT2D eigenvalue weighted by Crippen LogP contribution is -2.21. The fraction of sp³-hybridized carbons (Fsp3) is 0.350. The third kappa shape index (κ3) is 4.19. The maximum atomic E-state index is 12.4. The Balaban J connectivity index is 1.75. The molecule has 0 radical (unpaired) electrons. The number of carbonyl (C=O) groups excluding carboxylic acids is 3. The van der Waals surface area contributed by atoms with E-state index in [4.69, 9.17) is 9.47 Å². The van der Waals surface area contributed by atoms with Gasteiger partial charge in [0.15, 0.2) is 12.9 Å². The molecule has 0 saturated heterocycles. The van der Waals surface area contributed by atoms with E-state index in [2.05, 4.69) is 12.2 Å². The molecule has 7 heteroatoms. The second-order valence-corrected chi connectivity index (χ2v) is 7.65. The molecule has 1 N–H and O–H groups in total. The zero-order chi connectivity index (χ0) is 19.4. The minimum Gasteiger partial charge on any atom is -0.483 e. The Morgan fingerprint density at radius 3 is 2.85 bits per heavy atom. The van der Waals surface area contributed by atoms with Crippen LogP contribution >= 0.6 is 11.3 Å². The fourth-order valence-electron chi connectivity index (χ4n) is 3.17. The number of anilines is 1. The van der Waals surface area contributed by atoms with Gasteiger partial charge < -0.3 is 14.8 Å². The minimum absolute atomic E-state index is 0.259. The van der Waals surface area contributed by atoms with E-state index >= 15 is 0 Å². The zero-order valence-electron chi connectivity index (χ0n) is 15.2. The summed E-state index contributed by atoms with van der Waals surface area (Å²) in [4.78, 5) is 36.8. The Hall–Kier alpha value is -2.67. The second-order valence-electron chi connectivity index (χ2n) is 6.54. The fourth-order valence-corrected chi connectivity index (χ4v) is 4.59. The Morgan fingerprint density at radius 1 is 1.33 bits per heavy atom. The number of thiophene rings is 1. The Bertz CT molecular complexity index is 873. The van der Waals surface area contributed by atoms with Crippen LogP contribution < -0.4 is 10.1 Å². The molecule has 1 aliphatic carbocycles. The van der Waals surface area contributed by atoms with E-state index in [0.717, 1.165) is 29.7 Å². The van der Waals surface area contributed by atoms with Gasteiger partial charge in [0.25, 0.3) is 5.91 Å². The molecule has 2 aromatic rings. The van der Waals surface area contributed by atoms with Crippen LogP contribution in [-0.4, -0.2) is 31.9 Å². The highest BCUT2D eigenvalue weighted by Crippen LogP contribution is 2.40. The molecule has 0 saturated carbocycles. The van der Waals surface area contributed by atoms with Crippen molar-refractivity contribution in [3.8, 4) is 5.75 Å². The maximum absolute atomic E-state index is 12.4. The predicted octanol–water partition coefficient (Wildman–Crippen LogP) is 3.49. The van der Waals surface area contributed by atoms with Gasteiger partial charge in [-0.15, -0.1) is 11.3 Å². The van der Waals surface area contributed by atoms with Crippen molar-refractivity contribution in [1.82, 2.24) is 0 Å². The van der Waals surface area contributed by atoms with E-state index < -0.39 is 11.9 Å². The molecule has 1 heterocycles. The molecule has 0 spiro atoms. The minimum atomic E-state index is -0.440. The molecular formula is C20H21NO5S. The quantitative estimate of drug-likeness (QED) is 0.606. The van der Waals surface area contributed by atoms with Crippen LogP contribution in [0.3, 0.4) is 0 Å². The zero-order valence-corrected chi connectivity index (χ0v) is 16.1. The lowest BCUT2D eigenvalue weighted by atomic mass is 9.88. The standard InChI is InChI=1S/C20H21NO5S/c1-12-7-8-14-16(9-12)27-19(18(14)20(24)25-2)21-17(23)11-26-15-6-4-3-5-13(15)10-22/h3-6,10,12H,7-9,11H2,1-2H3,(H,21,23). The third-order valence-electron chi connectivity index (χ3n) is 4.56. The summed E-state index contributed by atoms with van der Waals surface area (Å²) in [5, 5.41) is 3.27. The van der Waals surface area contributed by atoms with Gasteiger partial charge in [0, 0.05) is 4.88 Å². The molecule has 27 heavy (non-hydrogen) atoms. The van der Waals surface area contributed by atoms with E-state index in [1.54, 1.807) is 24.3 Å². The second kappa shape index (κ2) is 8.35. The number of hydrogen-bond donors (Lipinski definition) is 1. The molecule has 1 unspecified atom stereocenters. The lowest BCUT2D eigenvalue weighted by molar-refractivity contribution is -0.118. The van der Waals surface area contributed by atoms with Gasteiger partial charge in [-0.1, -0.05) is 19.1 Å². The summed E-state index contributed by atoms with van der Waals surface area (Å²) < 4.78 is 10.4. The van der Waals surface area contributed by atoms with Crippen molar-refractivity contribution >= 4 is 34.5 Å². The van der Waals surface area contributed by atoms with Crippen molar-refractivity contribution in [3.05, 3.63) is 45.8 Å². The normalized spacial score (nSPS) is 15.6. The van der Waals surface area contributed by atoms with Crippen LogP contribution in [0.25, 0.3) is 0 Å². The summed E-state index contributed by atoms with van der Waals surface area (Å²) in [5.41, 5.74) is 1.81. The Labute approximate surface area is 161 Å². The SMILES string of the molecule is COC(=O)c1c(NC(=O)COc2ccccc2C=O)sc2c1CCC(C)C2. The lowest BCUT2D eigenvalue weighted by Gasteiger charge is -2.18.